The molecule has 0 amide bonds. The molecule has 6 nitrogen and oxygen atoms in total. The van der Waals surface area contributed by atoms with Gasteiger partial charge in [0, 0.05) is 11.6 Å². The Bertz CT molecular complexity index is 469. The predicted molar refractivity (Wildman–Crippen MR) is 55.6 cm³/mol. The third-order valence-corrected chi connectivity index (χ3v) is 2.67. The number of nitrogens with zero attached hydrogens (tertiary/aromatic N) is 4. The number of aromatic nitrogens is 4. The molecule has 0 aliphatic heterocycles. The van der Waals surface area contributed by atoms with E-state index in [1.54, 1.807) is 22.6 Å². The van der Waals surface area contributed by atoms with E-state index in [0.29, 0.717) is 6.54 Å². The summed E-state index contributed by atoms with van der Waals surface area (Å²) in [7, 11) is 0. The lowest BCUT2D eigenvalue weighted by Crippen LogP contribution is -2.38. The largest absolute Gasteiger partial charge is 0.481 e. The Labute approximate surface area is 95.2 Å². The van der Waals surface area contributed by atoms with Gasteiger partial charge in [-0.1, -0.05) is 16.0 Å². The zero-order chi connectivity index (χ0) is 11.4. The first-order valence-electron chi connectivity index (χ1n) is 4.60. The molecule has 0 bridgehead atoms. The van der Waals surface area contributed by atoms with Gasteiger partial charge in [-0.25, -0.2) is 0 Å². The molecule has 0 saturated heterocycles. The van der Waals surface area contributed by atoms with Gasteiger partial charge in [-0.05, 0) is 5.10 Å². The van der Waals surface area contributed by atoms with E-state index in [1.807, 2.05) is 6.07 Å². The van der Waals surface area contributed by atoms with Gasteiger partial charge in [-0.2, -0.15) is 0 Å². The smallest absolute Gasteiger partial charge is 0.309 e. The number of hydrogen-bond donors (Lipinski definition) is 1. The van der Waals surface area contributed by atoms with Crippen LogP contribution in [0.5, 0.6) is 0 Å². The topological polar surface area (TPSA) is 79.9 Å². The Morgan fingerprint density at radius 3 is 3.00 bits per heavy atom. The van der Waals surface area contributed by atoms with Crippen LogP contribution in [0, 0.1) is 0 Å². The van der Waals surface area contributed by atoms with E-state index in [2.05, 4.69) is 15.3 Å². The molecule has 2 aromatic rings. The Balaban J connectivity index is 2.08. The number of aryl methyl sites for hydroxylation is 1. The highest BCUT2D eigenvalue weighted by atomic mass is 32.1. The van der Waals surface area contributed by atoms with Crippen LogP contribution in [0.1, 0.15) is 6.42 Å². The normalized spacial score (nSPS) is 10.2. The predicted octanol–water partition coefficient (Wildman–Crippen LogP) is 0.362. The van der Waals surface area contributed by atoms with Gasteiger partial charge in [-0.3, -0.25) is 4.79 Å². The third-order valence-electron chi connectivity index (χ3n) is 1.93. The van der Waals surface area contributed by atoms with Crippen molar-refractivity contribution in [2.24, 2.45) is 0 Å². The van der Waals surface area contributed by atoms with E-state index in [1.165, 1.54) is 11.3 Å². The molecule has 0 radical (unpaired) electrons. The minimum atomic E-state index is -0.831. The maximum absolute atomic E-state index is 10.4. The second-order valence-electron chi connectivity index (χ2n) is 3.07. The average Bonchev–Trinajstić information content (AvgIpc) is 2.80. The van der Waals surface area contributed by atoms with E-state index < -0.39 is 5.97 Å². The molecule has 16 heavy (non-hydrogen) atoms. The quantitative estimate of drug-likeness (QED) is 0.777. The van der Waals surface area contributed by atoms with Crippen LogP contribution >= 0.6 is 11.3 Å². The van der Waals surface area contributed by atoms with E-state index >= 15 is 0 Å². The molecule has 2 aromatic heterocycles. The van der Waals surface area contributed by atoms with Gasteiger partial charge >= 0.3 is 5.97 Å². The van der Waals surface area contributed by atoms with Gasteiger partial charge in [0.25, 0.3) is 0 Å². The van der Waals surface area contributed by atoms with Crippen molar-refractivity contribution in [1.29, 1.82) is 0 Å². The molecule has 0 aliphatic carbocycles. The highest BCUT2D eigenvalue weighted by Crippen LogP contribution is 2.17. The van der Waals surface area contributed by atoms with E-state index in [0.717, 1.165) is 10.6 Å². The van der Waals surface area contributed by atoms with Crippen molar-refractivity contribution >= 4 is 17.3 Å². The van der Waals surface area contributed by atoms with Crippen molar-refractivity contribution in [3.8, 4) is 10.6 Å². The fraction of sp³-hybridized carbons (Fsp3) is 0.222. The first-order chi connectivity index (χ1) is 7.75. The van der Waals surface area contributed by atoms with Gasteiger partial charge in [0.05, 0.1) is 0 Å². The summed E-state index contributed by atoms with van der Waals surface area (Å²) in [6.45, 7) is 0.367. The summed E-state index contributed by atoms with van der Waals surface area (Å²) in [5.41, 5.74) is 2.54. The number of carboxylic acids is 1. The molecular weight excluding hydrogens is 228 g/mol. The van der Waals surface area contributed by atoms with E-state index in [-0.39, 0.29) is 6.42 Å². The SMILES string of the molecule is O=C(O)CC[n+]1ccc(-c2nncs2)cn1. The Morgan fingerprint density at radius 1 is 1.56 bits per heavy atom. The molecular formula is C9H9N4O2S+. The standard InChI is InChI=1S/C9H8N4O2S/c14-8(15)2-4-13-3-1-7(5-11-13)9-12-10-6-16-9/h1,3,5-6H,2,4H2/p+1. The van der Waals surface area contributed by atoms with Crippen LogP contribution in [0.3, 0.4) is 0 Å². The zero-order valence-electron chi connectivity index (χ0n) is 8.28. The van der Waals surface area contributed by atoms with Crippen LogP contribution in [-0.4, -0.2) is 26.4 Å². The second-order valence-corrected chi connectivity index (χ2v) is 3.90. The molecule has 0 aromatic carbocycles. The fourth-order valence-electron chi connectivity index (χ4n) is 1.15. The monoisotopic (exact) mass is 237 g/mol. The number of carbonyl (C=O) groups is 1. The summed E-state index contributed by atoms with van der Waals surface area (Å²) in [6, 6.07) is 1.84. The minimum Gasteiger partial charge on any atom is -0.481 e. The lowest BCUT2D eigenvalue weighted by molar-refractivity contribution is -0.752. The van der Waals surface area contributed by atoms with Crippen molar-refractivity contribution < 1.29 is 14.6 Å². The fourth-order valence-corrected chi connectivity index (χ4v) is 1.70. The van der Waals surface area contributed by atoms with Crippen molar-refractivity contribution in [1.82, 2.24) is 15.3 Å². The molecule has 1 N–H and O–H groups in total. The maximum Gasteiger partial charge on any atom is 0.309 e. The molecule has 0 aliphatic rings. The molecule has 7 heteroatoms. The minimum absolute atomic E-state index is 0.0653. The van der Waals surface area contributed by atoms with Crippen molar-refractivity contribution in [2.45, 2.75) is 13.0 Å². The first-order valence-corrected chi connectivity index (χ1v) is 5.48. The summed E-state index contributed by atoms with van der Waals surface area (Å²) in [5, 5.41) is 21.1. The van der Waals surface area contributed by atoms with Gasteiger partial charge in [0.1, 0.15) is 23.1 Å². The highest BCUT2D eigenvalue weighted by Gasteiger charge is 2.08. The molecule has 0 atom stereocenters. The molecule has 0 spiro atoms. The average molecular weight is 237 g/mol. The van der Waals surface area contributed by atoms with Gasteiger partial charge in [-0.15, -0.1) is 10.2 Å². The number of hydrogen-bond acceptors (Lipinski definition) is 5. The lowest BCUT2D eigenvalue weighted by Gasteiger charge is -1.93. The Hall–Kier alpha value is -1.89. The van der Waals surface area contributed by atoms with Gasteiger partial charge in [0.15, 0.2) is 12.7 Å². The van der Waals surface area contributed by atoms with Gasteiger partial charge < -0.3 is 5.11 Å². The van der Waals surface area contributed by atoms with Crippen LogP contribution in [0.4, 0.5) is 0 Å². The van der Waals surface area contributed by atoms with Crippen LogP contribution in [-0.2, 0) is 11.3 Å². The first kappa shape index (κ1) is 10.6. The molecule has 2 rings (SSSR count). The Morgan fingerprint density at radius 2 is 2.44 bits per heavy atom. The molecule has 0 fully saturated rings. The number of rotatable bonds is 4. The van der Waals surface area contributed by atoms with Crippen LogP contribution < -0.4 is 4.68 Å². The van der Waals surface area contributed by atoms with Crippen LogP contribution in [0.15, 0.2) is 24.0 Å². The molecule has 2 heterocycles. The van der Waals surface area contributed by atoms with Crippen molar-refractivity contribution in [2.75, 3.05) is 0 Å². The molecule has 0 unspecified atom stereocenters. The second kappa shape index (κ2) is 4.75. The van der Waals surface area contributed by atoms with Crippen LogP contribution in [0.2, 0.25) is 0 Å². The third kappa shape index (κ3) is 2.57. The van der Waals surface area contributed by atoms with Crippen molar-refractivity contribution in [3.05, 3.63) is 24.0 Å². The summed E-state index contributed by atoms with van der Waals surface area (Å²) < 4.78 is 1.58. The Kier molecular flexibility index (Phi) is 3.16. The molecule has 0 saturated carbocycles. The summed E-state index contributed by atoms with van der Waals surface area (Å²) in [6.07, 6.45) is 3.46. The molecule has 82 valence electrons. The maximum atomic E-state index is 10.4. The van der Waals surface area contributed by atoms with Crippen molar-refractivity contribution in [3.63, 3.8) is 0 Å². The number of aliphatic carboxylic acids is 1. The number of carboxylic acid groups (broad SMARTS) is 1. The van der Waals surface area contributed by atoms with Crippen LogP contribution in [0.25, 0.3) is 10.6 Å². The zero-order valence-corrected chi connectivity index (χ0v) is 9.09. The summed E-state index contributed by atoms with van der Waals surface area (Å²) in [5.74, 6) is -0.831. The highest BCUT2D eigenvalue weighted by molar-refractivity contribution is 7.12. The van der Waals surface area contributed by atoms with E-state index in [4.69, 9.17) is 5.11 Å². The lowest BCUT2D eigenvalue weighted by atomic mass is 10.3. The summed E-state index contributed by atoms with van der Waals surface area (Å²) >= 11 is 1.43. The van der Waals surface area contributed by atoms with E-state index in [9.17, 15) is 4.79 Å². The van der Waals surface area contributed by atoms with Gasteiger partial charge in [0.2, 0.25) is 0 Å². The summed E-state index contributed by atoms with van der Waals surface area (Å²) in [4.78, 5) is 10.4.